The summed E-state index contributed by atoms with van der Waals surface area (Å²) >= 11 is 0. The van der Waals surface area contributed by atoms with E-state index in [9.17, 15) is 43.8 Å². The number of amides is 1. The monoisotopic (exact) mass is 741 g/mol. The fourth-order valence-electron chi connectivity index (χ4n) is 5.83. The van der Waals surface area contributed by atoms with Crippen LogP contribution in [-0.4, -0.2) is 89.5 Å². The third-order valence-electron chi connectivity index (χ3n) is 9.07. The molecular formula is C39H67NO12. The number of ether oxygens (including phenoxy) is 2. The molecule has 0 aliphatic carbocycles. The van der Waals surface area contributed by atoms with Gasteiger partial charge in [0.2, 0.25) is 5.91 Å². The minimum Gasteiger partial charge on any atom is -0.481 e. The number of unbranched alkanes of at least 4 members (excludes halogenated alkanes) is 13. The van der Waals surface area contributed by atoms with Crippen molar-refractivity contribution < 1.29 is 58.4 Å². The predicted molar refractivity (Wildman–Crippen MR) is 196 cm³/mol. The molecule has 4 N–H and O–H groups in total. The number of carboxylic acids is 3. The lowest BCUT2D eigenvalue weighted by atomic mass is 9.94. The van der Waals surface area contributed by atoms with Crippen LogP contribution in [0.1, 0.15) is 161 Å². The lowest BCUT2D eigenvalue weighted by Crippen LogP contribution is -2.29. The van der Waals surface area contributed by atoms with E-state index in [4.69, 9.17) is 14.6 Å². The summed E-state index contributed by atoms with van der Waals surface area (Å²) in [5, 5.41) is 30.2. The second kappa shape index (κ2) is 33.6. The molecule has 0 fully saturated rings. The Kier molecular flexibility index (Phi) is 31.6. The number of nitrogens with one attached hydrogen (secondary N) is 1. The Morgan fingerprint density at radius 2 is 0.962 bits per heavy atom. The van der Waals surface area contributed by atoms with Crippen LogP contribution in [0.25, 0.3) is 0 Å². The van der Waals surface area contributed by atoms with Gasteiger partial charge in [-0.25, -0.2) is 0 Å². The first-order chi connectivity index (χ1) is 25.0. The summed E-state index contributed by atoms with van der Waals surface area (Å²) in [7, 11) is 0. The molecule has 13 nitrogen and oxygen atoms in total. The van der Waals surface area contributed by atoms with Crippen LogP contribution >= 0.6 is 0 Å². The van der Waals surface area contributed by atoms with Gasteiger partial charge in [-0.3, -0.25) is 33.6 Å². The molecule has 0 saturated carbocycles. The Hall–Kier alpha value is -3.19. The van der Waals surface area contributed by atoms with Gasteiger partial charge in [-0.15, -0.1) is 0 Å². The van der Waals surface area contributed by atoms with Gasteiger partial charge in [-0.2, -0.15) is 0 Å². The molecule has 300 valence electrons. The van der Waals surface area contributed by atoms with E-state index in [1.54, 1.807) is 0 Å². The van der Waals surface area contributed by atoms with Crippen LogP contribution in [0, 0.1) is 11.8 Å². The van der Waals surface area contributed by atoms with E-state index in [1.165, 1.54) is 19.3 Å². The standard InChI is InChI=1S/C39H67NO12/c1-2-33(41)19-16-13-14-18-31(38(47)48)29-35(43)30-52-27-26-51-25-24-40-36(44)23-22-32(39(49)50)28-34(42)20-15-11-9-7-5-3-4-6-8-10-12-17-21-37(45)46/h31-32H,2-30H2,1H3,(H,40,44)(H,45,46)(H,47,48)(H,49,50). The molecule has 52 heavy (non-hydrogen) atoms. The SMILES string of the molecule is CCC(=O)CCCCCC(CC(=O)COCCOCCNC(=O)CCC(CC(=O)CCCCCCCCCCCCCCC(=O)O)C(=O)O)C(=O)O. The van der Waals surface area contributed by atoms with Crippen molar-refractivity contribution in [2.75, 3.05) is 33.0 Å². The zero-order chi connectivity index (χ0) is 38.8. The van der Waals surface area contributed by atoms with Crippen molar-refractivity contribution in [1.82, 2.24) is 5.32 Å². The number of carbonyl (C=O) groups excluding carboxylic acids is 4. The highest BCUT2D eigenvalue weighted by Crippen LogP contribution is 2.18. The van der Waals surface area contributed by atoms with Gasteiger partial charge >= 0.3 is 17.9 Å². The molecule has 13 heteroatoms. The van der Waals surface area contributed by atoms with Crippen LogP contribution in [-0.2, 0) is 43.0 Å². The van der Waals surface area contributed by atoms with Crippen LogP contribution < -0.4 is 5.32 Å². The Labute approximate surface area is 310 Å². The topological polar surface area (TPSA) is 211 Å². The fourth-order valence-corrected chi connectivity index (χ4v) is 5.83. The average molecular weight is 742 g/mol. The Morgan fingerprint density at radius 1 is 0.500 bits per heavy atom. The number of carbonyl (C=O) groups is 7. The van der Waals surface area contributed by atoms with Crippen LogP contribution in [0.3, 0.4) is 0 Å². The predicted octanol–water partition coefficient (Wildman–Crippen LogP) is 6.71. The smallest absolute Gasteiger partial charge is 0.306 e. The van der Waals surface area contributed by atoms with Crippen molar-refractivity contribution in [2.45, 2.75) is 161 Å². The highest BCUT2D eigenvalue weighted by molar-refractivity contribution is 5.85. The third-order valence-corrected chi connectivity index (χ3v) is 9.07. The molecule has 0 saturated heterocycles. The Morgan fingerprint density at radius 3 is 1.50 bits per heavy atom. The molecule has 0 spiro atoms. The zero-order valence-electron chi connectivity index (χ0n) is 31.7. The van der Waals surface area contributed by atoms with Gasteiger partial charge in [0, 0.05) is 51.5 Å². The molecule has 0 aromatic carbocycles. The minimum atomic E-state index is -1.08. The number of hydrogen-bond acceptors (Lipinski definition) is 9. The largest absolute Gasteiger partial charge is 0.481 e. The van der Waals surface area contributed by atoms with Crippen molar-refractivity contribution in [1.29, 1.82) is 0 Å². The first kappa shape index (κ1) is 48.8. The molecule has 2 unspecified atom stereocenters. The lowest BCUT2D eigenvalue weighted by Gasteiger charge is -2.12. The summed E-state index contributed by atoms with van der Waals surface area (Å²) in [4.78, 5) is 81.7. The molecule has 0 heterocycles. The summed E-state index contributed by atoms with van der Waals surface area (Å²) in [5.41, 5.74) is 0. The van der Waals surface area contributed by atoms with E-state index in [2.05, 4.69) is 5.32 Å². The first-order valence-corrected chi connectivity index (χ1v) is 19.6. The number of aliphatic carboxylic acids is 3. The van der Waals surface area contributed by atoms with Crippen LogP contribution in [0.5, 0.6) is 0 Å². The normalized spacial score (nSPS) is 12.2. The van der Waals surface area contributed by atoms with E-state index < -0.39 is 29.7 Å². The van der Waals surface area contributed by atoms with Crippen molar-refractivity contribution in [3.63, 3.8) is 0 Å². The quantitative estimate of drug-likeness (QED) is 0.0484. The molecule has 1 amide bonds. The van der Waals surface area contributed by atoms with E-state index in [0.29, 0.717) is 32.1 Å². The summed E-state index contributed by atoms with van der Waals surface area (Å²) in [6.07, 6.45) is 16.4. The molecule has 0 radical (unpaired) electrons. The second-order valence-electron chi connectivity index (χ2n) is 13.7. The molecule has 0 aromatic rings. The molecule has 0 rings (SSSR count). The third kappa shape index (κ3) is 31.5. The van der Waals surface area contributed by atoms with Gasteiger partial charge in [0.15, 0.2) is 5.78 Å². The van der Waals surface area contributed by atoms with Crippen LogP contribution in [0.15, 0.2) is 0 Å². The molecule has 2 atom stereocenters. The second-order valence-corrected chi connectivity index (χ2v) is 13.7. The maximum atomic E-state index is 12.4. The van der Waals surface area contributed by atoms with Crippen molar-refractivity contribution in [3.8, 4) is 0 Å². The Bertz CT molecular complexity index is 1030. The van der Waals surface area contributed by atoms with Crippen LogP contribution in [0.4, 0.5) is 0 Å². The van der Waals surface area contributed by atoms with Gasteiger partial charge in [0.05, 0.1) is 31.7 Å². The van der Waals surface area contributed by atoms with Gasteiger partial charge in [0.1, 0.15) is 18.2 Å². The van der Waals surface area contributed by atoms with Gasteiger partial charge in [0.25, 0.3) is 0 Å². The van der Waals surface area contributed by atoms with Crippen molar-refractivity contribution in [2.24, 2.45) is 11.8 Å². The maximum absolute atomic E-state index is 12.4. The number of hydrogen-bond donors (Lipinski definition) is 4. The zero-order valence-corrected chi connectivity index (χ0v) is 31.7. The maximum Gasteiger partial charge on any atom is 0.306 e. The minimum absolute atomic E-state index is 0.0178. The van der Waals surface area contributed by atoms with Gasteiger partial charge in [-0.1, -0.05) is 84.0 Å². The van der Waals surface area contributed by atoms with Gasteiger partial charge < -0.3 is 30.1 Å². The van der Waals surface area contributed by atoms with Crippen LogP contribution in [0.2, 0.25) is 0 Å². The fraction of sp³-hybridized carbons (Fsp3) is 0.821. The van der Waals surface area contributed by atoms with E-state index >= 15 is 0 Å². The van der Waals surface area contributed by atoms with E-state index in [-0.39, 0.29) is 88.3 Å². The summed E-state index contributed by atoms with van der Waals surface area (Å²) in [6, 6.07) is 0. The molecular weight excluding hydrogens is 674 g/mol. The summed E-state index contributed by atoms with van der Waals surface area (Å²) in [5.74, 6) is -5.06. The molecule has 0 aliphatic heterocycles. The van der Waals surface area contributed by atoms with E-state index in [0.717, 1.165) is 70.6 Å². The highest BCUT2D eigenvalue weighted by Gasteiger charge is 2.22. The Balaban J connectivity index is 3.87. The highest BCUT2D eigenvalue weighted by atomic mass is 16.5. The average Bonchev–Trinajstić information content (AvgIpc) is 3.10. The van der Waals surface area contributed by atoms with E-state index in [1.807, 2.05) is 6.92 Å². The number of carboxylic acid groups (broad SMARTS) is 3. The molecule has 0 aromatic heterocycles. The lowest BCUT2D eigenvalue weighted by molar-refractivity contribution is -0.145. The number of rotatable bonds is 39. The van der Waals surface area contributed by atoms with Crippen molar-refractivity contribution in [3.05, 3.63) is 0 Å². The number of Topliss-reactive ketones (excluding diaryl/α,β-unsaturated/α-hetero) is 3. The molecule has 0 aliphatic rings. The summed E-state index contributed by atoms with van der Waals surface area (Å²) < 4.78 is 10.7. The van der Waals surface area contributed by atoms with Crippen molar-refractivity contribution >= 4 is 41.2 Å². The van der Waals surface area contributed by atoms with Gasteiger partial charge in [-0.05, 0) is 32.1 Å². The number of ketones is 3. The first-order valence-electron chi connectivity index (χ1n) is 19.6. The molecule has 0 bridgehead atoms. The summed E-state index contributed by atoms with van der Waals surface area (Å²) in [6.45, 7) is 2.28.